The van der Waals surface area contributed by atoms with Gasteiger partial charge < -0.3 is 10.2 Å². The highest BCUT2D eigenvalue weighted by Crippen LogP contribution is 2.25. The van der Waals surface area contributed by atoms with Crippen LogP contribution in [0.5, 0.6) is 0 Å². The Morgan fingerprint density at radius 2 is 2.31 bits per heavy atom. The molecule has 0 aromatic carbocycles. The van der Waals surface area contributed by atoms with Crippen molar-refractivity contribution in [3.63, 3.8) is 0 Å². The van der Waals surface area contributed by atoms with E-state index in [4.69, 9.17) is 17.1 Å². The number of aliphatic hydroxyl groups excluding tert-OH is 2. The molecule has 0 spiro atoms. The first-order valence-corrected chi connectivity index (χ1v) is 5.01. The highest BCUT2D eigenvalue weighted by atomic mass is 35.5. The predicted molar refractivity (Wildman–Crippen MR) is 58.8 cm³/mol. The first-order valence-electron chi connectivity index (χ1n) is 4.63. The molecule has 7 heteroatoms. The second-order valence-electron chi connectivity index (χ2n) is 3.15. The lowest BCUT2D eigenvalue weighted by molar-refractivity contribution is 0.0149. The zero-order chi connectivity index (χ0) is 12.0. The maximum Gasteiger partial charge on any atom is 0.108 e. The number of aromatic nitrogens is 1. The molecule has 6 nitrogen and oxygen atoms in total. The third-order valence-corrected chi connectivity index (χ3v) is 2.41. The largest absolute Gasteiger partial charge is 0.390 e. The van der Waals surface area contributed by atoms with Gasteiger partial charge in [-0.2, -0.15) is 0 Å². The predicted octanol–water partition coefficient (Wildman–Crippen LogP) is 1.83. The SMILES string of the molecule is [N-]=[N+]=NCCC(O)C(O)c1cnccc1Cl. The van der Waals surface area contributed by atoms with E-state index in [2.05, 4.69) is 15.0 Å². The third kappa shape index (κ3) is 3.36. The second kappa shape index (κ2) is 6.30. The summed E-state index contributed by atoms with van der Waals surface area (Å²) in [5.74, 6) is 0. The first kappa shape index (κ1) is 12.7. The van der Waals surface area contributed by atoms with E-state index in [-0.39, 0.29) is 13.0 Å². The van der Waals surface area contributed by atoms with Gasteiger partial charge in [0.1, 0.15) is 6.10 Å². The zero-order valence-electron chi connectivity index (χ0n) is 8.36. The Hall–Kier alpha value is -1.33. The van der Waals surface area contributed by atoms with Crippen LogP contribution in [0.2, 0.25) is 5.02 Å². The van der Waals surface area contributed by atoms with Crippen LogP contribution in [0.1, 0.15) is 18.1 Å². The number of nitrogens with zero attached hydrogens (tertiary/aromatic N) is 4. The lowest BCUT2D eigenvalue weighted by atomic mass is 10.0. The number of halogens is 1. The molecule has 2 N–H and O–H groups in total. The molecule has 0 saturated carbocycles. The fraction of sp³-hybridized carbons (Fsp3) is 0.444. The smallest absolute Gasteiger partial charge is 0.108 e. The van der Waals surface area contributed by atoms with Crippen molar-refractivity contribution >= 4 is 11.6 Å². The quantitative estimate of drug-likeness (QED) is 0.468. The van der Waals surface area contributed by atoms with E-state index in [9.17, 15) is 10.2 Å². The Balaban J connectivity index is 2.66. The maximum absolute atomic E-state index is 9.76. The summed E-state index contributed by atoms with van der Waals surface area (Å²) in [6.07, 6.45) is 0.882. The number of hydrogen-bond acceptors (Lipinski definition) is 4. The normalized spacial score (nSPS) is 13.9. The van der Waals surface area contributed by atoms with Gasteiger partial charge in [-0.25, -0.2) is 0 Å². The molecule has 0 aliphatic heterocycles. The van der Waals surface area contributed by atoms with Crippen molar-refractivity contribution in [2.75, 3.05) is 6.54 Å². The summed E-state index contributed by atoms with van der Waals surface area (Å²) in [6.45, 7) is 0.118. The summed E-state index contributed by atoms with van der Waals surface area (Å²) in [5.41, 5.74) is 8.42. The molecule has 1 aromatic rings. The van der Waals surface area contributed by atoms with E-state index < -0.39 is 12.2 Å². The highest BCUT2D eigenvalue weighted by molar-refractivity contribution is 6.31. The van der Waals surface area contributed by atoms with Crippen LogP contribution in [-0.4, -0.2) is 27.8 Å². The molecular formula is C9H11ClN4O2. The minimum atomic E-state index is -1.13. The molecule has 16 heavy (non-hydrogen) atoms. The zero-order valence-corrected chi connectivity index (χ0v) is 9.12. The molecule has 2 atom stereocenters. The molecule has 0 saturated heterocycles. The van der Waals surface area contributed by atoms with E-state index in [1.165, 1.54) is 18.5 Å². The summed E-state index contributed by atoms with van der Waals surface area (Å²) in [7, 11) is 0. The van der Waals surface area contributed by atoms with Gasteiger partial charge in [0.05, 0.1) is 6.10 Å². The van der Waals surface area contributed by atoms with Crippen molar-refractivity contribution < 1.29 is 10.2 Å². The molecule has 1 rings (SSSR count). The topological polar surface area (TPSA) is 102 Å². The van der Waals surface area contributed by atoms with Crippen LogP contribution >= 0.6 is 11.6 Å². The fourth-order valence-corrected chi connectivity index (χ4v) is 1.42. The summed E-state index contributed by atoms with van der Waals surface area (Å²) in [4.78, 5) is 6.36. The third-order valence-electron chi connectivity index (χ3n) is 2.07. The van der Waals surface area contributed by atoms with Crippen LogP contribution in [0.4, 0.5) is 0 Å². The van der Waals surface area contributed by atoms with Gasteiger partial charge in [-0.1, -0.05) is 16.7 Å². The average Bonchev–Trinajstić information content (AvgIpc) is 2.29. The van der Waals surface area contributed by atoms with Gasteiger partial charge in [0.2, 0.25) is 0 Å². The minimum Gasteiger partial charge on any atom is -0.390 e. The van der Waals surface area contributed by atoms with Crippen molar-refractivity contribution in [1.82, 2.24) is 4.98 Å². The average molecular weight is 243 g/mol. The number of aliphatic hydroxyl groups is 2. The van der Waals surface area contributed by atoms with Gasteiger partial charge in [-0.3, -0.25) is 4.98 Å². The summed E-state index contributed by atoms with van der Waals surface area (Å²) >= 11 is 5.83. The van der Waals surface area contributed by atoms with E-state index in [1.54, 1.807) is 0 Å². The van der Waals surface area contributed by atoms with Gasteiger partial charge in [-0.05, 0) is 18.0 Å². The molecule has 0 radical (unpaired) electrons. The van der Waals surface area contributed by atoms with E-state index in [1.807, 2.05) is 0 Å². The molecule has 0 aliphatic rings. The van der Waals surface area contributed by atoms with Crippen LogP contribution in [0, 0.1) is 0 Å². The van der Waals surface area contributed by atoms with Crippen LogP contribution in [-0.2, 0) is 0 Å². The van der Waals surface area contributed by atoms with Crippen LogP contribution in [0.3, 0.4) is 0 Å². The van der Waals surface area contributed by atoms with Crippen LogP contribution in [0.15, 0.2) is 23.6 Å². The standard InChI is InChI=1S/C9H11ClN4O2/c10-7-1-3-12-5-6(7)9(16)8(15)2-4-13-14-11/h1,3,5,8-9,15-16H,2,4H2. The van der Waals surface area contributed by atoms with E-state index in [0.717, 1.165) is 0 Å². The molecule has 1 heterocycles. The van der Waals surface area contributed by atoms with E-state index in [0.29, 0.717) is 10.6 Å². The molecule has 1 aromatic heterocycles. The number of rotatable bonds is 5. The Kier molecular flexibility index (Phi) is 5.01. The molecule has 0 fully saturated rings. The van der Waals surface area contributed by atoms with Crippen molar-refractivity contribution in [3.05, 3.63) is 39.5 Å². The maximum atomic E-state index is 9.76. The van der Waals surface area contributed by atoms with Crippen molar-refractivity contribution in [2.24, 2.45) is 5.11 Å². The summed E-state index contributed by atoms with van der Waals surface area (Å²) in [5, 5.41) is 23.0. The van der Waals surface area contributed by atoms with Crippen molar-refractivity contribution in [1.29, 1.82) is 0 Å². The first-order chi connectivity index (χ1) is 7.66. The number of hydrogen-bond donors (Lipinski definition) is 2. The van der Waals surface area contributed by atoms with Crippen molar-refractivity contribution in [2.45, 2.75) is 18.6 Å². The Labute approximate surface area is 97.1 Å². The monoisotopic (exact) mass is 242 g/mol. The minimum absolute atomic E-state index is 0.118. The highest BCUT2D eigenvalue weighted by Gasteiger charge is 2.20. The molecule has 0 amide bonds. The van der Waals surface area contributed by atoms with E-state index >= 15 is 0 Å². The van der Waals surface area contributed by atoms with Gasteiger partial charge in [-0.15, -0.1) is 0 Å². The molecule has 2 unspecified atom stereocenters. The second-order valence-corrected chi connectivity index (χ2v) is 3.56. The Morgan fingerprint density at radius 1 is 1.56 bits per heavy atom. The molecular weight excluding hydrogens is 232 g/mol. The Morgan fingerprint density at radius 3 is 2.94 bits per heavy atom. The number of azide groups is 1. The summed E-state index contributed by atoms with van der Waals surface area (Å²) < 4.78 is 0. The van der Waals surface area contributed by atoms with Crippen LogP contribution in [0.25, 0.3) is 10.4 Å². The van der Waals surface area contributed by atoms with Gasteiger partial charge in [0.15, 0.2) is 0 Å². The number of pyridine rings is 1. The summed E-state index contributed by atoms with van der Waals surface area (Å²) in [6, 6.07) is 1.53. The molecule has 0 aliphatic carbocycles. The lowest BCUT2D eigenvalue weighted by Crippen LogP contribution is -2.19. The van der Waals surface area contributed by atoms with Gasteiger partial charge in [0.25, 0.3) is 0 Å². The van der Waals surface area contributed by atoms with Crippen LogP contribution < -0.4 is 0 Å². The van der Waals surface area contributed by atoms with Gasteiger partial charge >= 0.3 is 0 Å². The molecule has 0 bridgehead atoms. The molecule has 86 valence electrons. The Bertz CT molecular complexity index is 395. The lowest BCUT2D eigenvalue weighted by Gasteiger charge is -2.17. The fourth-order valence-electron chi connectivity index (χ4n) is 1.21. The van der Waals surface area contributed by atoms with Crippen molar-refractivity contribution in [3.8, 4) is 0 Å². The van der Waals surface area contributed by atoms with Gasteiger partial charge in [0, 0.05) is 34.4 Å².